The fourth-order valence-electron chi connectivity index (χ4n) is 1.42. The summed E-state index contributed by atoms with van der Waals surface area (Å²) >= 11 is 1.76. The Morgan fingerprint density at radius 2 is 1.88 bits per heavy atom. The predicted octanol–water partition coefficient (Wildman–Crippen LogP) is 2.29. The van der Waals surface area contributed by atoms with Crippen LogP contribution in [0.5, 0.6) is 11.5 Å². The van der Waals surface area contributed by atoms with Crippen LogP contribution in [0, 0.1) is 0 Å². The van der Waals surface area contributed by atoms with Crippen LogP contribution >= 0.6 is 11.8 Å². The summed E-state index contributed by atoms with van der Waals surface area (Å²) in [6, 6.07) is 6.22. The average molecular weight is 239 g/mol. The van der Waals surface area contributed by atoms with Crippen molar-refractivity contribution >= 4 is 11.8 Å². The number of ether oxygens (including phenoxy) is 2. The number of hydrogen-bond donors (Lipinski definition) is 1. The molecule has 0 aromatic heterocycles. The lowest BCUT2D eigenvalue weighted by Crippen LogP contribution is -2.26. The van der Waals surface area contributed by atoms with E-state index in [0.29, 0.717) is 18.5 Å². The largest absolute Gasteiger partial charge is 0.486 e. The van der Waals surface area contributed by atoms with Crippen molar-refractivity contribution in [1.29, 1.82) is 0 Å². The summed E-state index contributed by atoms with van der Waals surface area (Å²) in [5.41, 5.74) is 5.84. The molecular formula is C12H17NO2S. The molecule has 1 heterocycles. The van der Waals surface area contributed by atoms with E-state index in [1.165, 1.54) is 4.90 Å². The topological polar surface area (TPSA) is 44.5 Å². The van der Waals surface area contributed by atoms with Gasteiger partial charge in [-0.05, 0) is 25.1 Å². The fourth-order valence-corrected chi connectivity index (χ4v) is 2.38. The Balaban J connectivity index is 2.11. The molecule has 88 valence electrons. The third kappa shape index (κ3) is 2.62. The van der Waals surface area contributed by atoms with Gasteiger partial charge in [0.2, 0.25) is 0 Å². The van der Waals surface area contributed by atoms with Gasteiger partial charge in [-0.2, -0.15) is 0 Å². The van der Waals surface area contributed by atoms with Crippen LogP contribution in [0.2, 0.25) is 0 Å². The Morgan fingerprint density at radius 1 is 1.19 bits per heavy atom. The zero-order valence-corrected chi connectivity index (χ0v) is 10.4. The van der Waals surface area contributed by atoms with E-state index in [1.54, 1.807) is 11.8 Å². The first-order chi connectivity index (χ1) is 7.66. The molecular weight excluding hydrogens is 222 g/mol. The summed E-state index contributed by atoms with van der Waals surface area (Å²) in [5, 5.41) is 0.391. The smallest absolute Gasteiger partial charge is 0.162 e. The standard InChI is InChI=1S/C12H17NO2S/c1-8(13)9(2)16-10-3-4-11-12(7-10)15-6-5-14-11/h3-4,7-9H,5-6,13H2,1-2H3. The first-order valence-electron chi connectivity index (χ1n) is 5.48. The molecule has 4 heteroatoms. The van der Waals surface area contributed by atoms with Gasteiger partial charge in [0.15, 0.2) is 11.5 Å². The van der Waals surface area contributed by atoms with Crippen LogP contribution in [-0.2, 0) is 0 Å². The van der Waals surface area contributed by atoms with E-state index < -0.39 is 0 Å². The Bertz CT molecular complexity index is 368. The van der Waals surface area contributed by atoms with Crippen LogP contribution in [0.3, 0.4) is 0 Å². The quantitative estimate of drug-likeness (QED) is 0.822. The van der Waals surface area contributed by atoms with Crippen molar-refractivity contribution in [3.05, 3.63) is 18.2 Å². The minimum absolute atomic E-state index is 0.179. The Hall–Kier alpha value is -0.870. The highest BCUT2D eigenvalue weighted by Gasteiger charge is 2.14. The Kier molecular flexibility index (Phi) is 3.61. The zero-order chi connectivity index (χ0) is 11.5. The summed E-state index contributed by atoms with van der Waals surface area (Å²) in [6.07, 6.45) is 0. The van der Waals surface area contributed by atoms with Gasteiger partial charge >= 0.3 is 0 Å². The number of hydrogen-bond acceptors (Lipinski definition) is 4. The van der Waals surface area contributed by atoms with E-state index in [1.807, 2.05) is 19.1 Å². The minimum atomic E-state index is 0.179. The van der Waals surface area contributed by atoms with Gasteiger partial charge in [0.1, 0.15) is 13.2 Å². The number of thioether (sulfide) groups is 1. The first kappa shape index (κ1) is 11.6. The highest BCUT2D eigenvalue weighted by atomic mass is 32.2. The predicted molar refractivity (Wildman–Crippen MR) is 66.4 cm³/mol. The van der Waals surface area contributed by atoms with E-state index >= 15 is 0 Å². The molecule has 0 aliphatic carbocycles. The molecule has 0 radical (unpaired) electrons. The summed E-state index contributed by atoms with van der Waals surface area (Å²) < 4.78 is 11.0. The maximum Gasteiger partial charge on any atom is 0.162 e. The number of nitrogens with two attached hydrogens (primary N) is 1. The molecule has 2 N–H and O–H groups in total. The monoisotopic (exact) mass is 239 g/mol. The average Bonchev–Trinajstić information content (AvgIpc) is 2.28. The van der Waals surface area contributed by atoms with Crippen molar-refractivity contribution in [2.45, 2.75) is 30.0 Å². The molecule has 0 bridgehead atoms. The van der Waals surface area contributed by atoms with Crippen molar-refractivity contribution < 1.29 is 9.47 Å². The third-order valence-corrected chi connectivity index (χ3v) is 3.90. The lowest BCUT2D eigenvalue weighted by atomic mass is 10.3. The van der Waals surface area contributed by atoms with Crippen LogP contribution in [0.4, 0.5) is 0 Å². The summed E-state index contributed by atoms with van der Waals surface area (Å²) in [4.78, 5) is 1.18. The second-order valence-electron chi connectivity index (χ2n) is 3.99. The summed E-state index contributed by atoms with van der Waals surface area (Å²) in [6.45, 7) is 5.42. The number of rotatable bonds is 3. The summed E-state index contributed by atoms with van der Waals surface area (Å²) in [7, 11) is 0. The van der Waals surface area contributed by atoms with E-state index in [9.17, 15) is 0 Å². The highest BCUT2D eigenvalue weighted by molar-refractivity contribution is 8.00. The van der Waals surface area contributed by atoms with Crippen LogP contribution in [0.25, 0.3) is 0 Å². The molecule has 16 heavy (non-hydrogen) atoms. The van der Waals surface area contributed by atoms with Crippen LogP contribution in [0.15, 0.2) is 23.1 Å². The van der Waals surface area contributed by atoms with E-state index in [-0.39, 0.29) is 6.04 Å². The SMILES string of the molecule is CC(N)C(C)Sc1ccc2c(c1)OCCO2. The van der Waals surface area contributed by atoms with E-state index in [0.717, 1.165) is 11.5 Å². The molecule has 0 fully saturated rings. The molecule has 2 rings (SSSR count). The van der Waals surface area contributed by atoms with E-state index in [4.69, 9.17) is 15.2 Å². The number of fused-ring (bicyclic) bond motifs is 1. The summed E-state index contributed by atoms with van der Waals surface area (Å²) in [5.74, 6) is 1.68. The van der Waals surface area contributed by atoms with Gasteiger partial charge in [0, 0.05) is 16.2 Å². The van der Waals surface area contributed by atoms with Crippen molar-refractivity contribution in [1.82, 2.24) is 0 Å². The van der Waals surface area contributed by atoms with Gasteiger partial charge in [-0.3, -0.25) is 0 Å². The lowest BCUT2D eigenvalue weighted by Gasteiger charge is -2.20. The van der Waals surface area contributed by atoms with Crippen molar-refractivity contribution in [3.8, 4) is 11.5 Å². The second-order valence-corrected chi connectivity index (χ2v) is 5.44. The zero-order valence-electron chi connectivity index (χ0n) is 9.60. The lowest BCUT2D eigenvalue weighted by molar-refractivity contribution is 0.171. The first-order valence-corrected chi connectivity index (χ1v) is 6.36. The molecule has 0 saturated carbocycles. The maximum atomic E-state index is 5.84. The Morgan fingerprint density at radius 3 is 2.56 bits per heavy atom. The molecule has 0 saturated heterocycles. The van der Waals surface area contributed by atoms with Crippen LogP contribution in [-0.4, -0.2) is 24.5 Å². The maximum absolute atomic E-state index is 5.84. The van der Waals surface area contributed by atoms with Crippen molar-refractivity contribution in [2.24, 2.45) is 5.73 Å². The second kappa shape index (κ2) is 4.97. The molecule has 1 aromatic rings. The minimum Gasteiger partial charge on any atom is -0.486 e. The third-order valence-electron chi connectivity index (χ3n) is 2.58. The molecule has 2 unspecified atom stereocenters. The molecule has 1 aliphatic rings. The highest BCUT2D eigenvalue weighted by Crippen LogP contribution is 2.35. The van der Waals surface area contributed by atoms with Crippen molar-refractivity contribution in [2.75, 3.05) is 13.2 Å². The van der Waals surface area contributed by atoms with Crippen LogP contribution in [0.1, 0.15) is 13.8 Å². The molecule has 0 spiro atoms. The van der Waals surface area contributed by atoms with E-state index in [2.05, 4.69) is 13.0 Å². The van der Waals surface area contributed by atoms with Gasteiger partial charge in [0.25, 0.3) is 0 Å². The van der Waals surface area contributed by atoms with Gasteiger partial charge in [-0.25, -0.2) is 0 Å². The van der Waals surface area contributed by atoms with Gasteiger partial charge < -0.3 is 15.2 Å². The van der Waals surface area contributed by atoms with Gasteiger partial charge in [-0.1, -0.05) is 6.92 Å². The van der Waals surface area contributed by atoms with Crippen LogP contribution < -0.4 is 15.2 Å². The Labute approximate surface area is 100 Å². The molecule has 1 aromatic carbocycles. The number of benzene rings is 1. The van der Waals surface area contributed by atoms with Crippen molar-refractivity contribution in [3.63, 3.8) is 0 Å². The normalized spacial score (nSPS) is 17.9. The molecule has 3 nitrogen and oxygen atoms in total. The molecule has 2 atom stereocenters. The molecule has 0 amide bonds. The van der Waals surface area contributed by atoms with Gasteiger partial charge in [-0.15, -0.1) is 11.8 Å². The fraction of sp³-hybridized carbons (Fsp3) is 0.500. The van der Waals surface area contributed by atoms with Gasteiger partial charge in [0.05, 0.1) is 0 Å². The molecule has 1 aliphatic heterocycles.